The number of hydrogen-bond acceptors (Lipinski definition) is 6. The van der Waals surface area contributed by atoms with Gasteiger partial charge in [-0.15, -0.1) is 0 Å². The van der Waals surface area contributed by atoms with Gasteiger partial charge in [-0.2, -0.15) is 9.40 Å². The van der Waals surface area contributed by atoms with Crippen LogP contribution in [0.25, 0.3) is 10.9 Å². The van der Waals surface area contributed by atoms with Crippen molar-refractivity contribution in [3.05, 3.63) is 63.8 Å². The van der Waals surface area contributed by atoms with Gasteiger partial charge in [-0.3, -0.25) is 19.7 Å². The Kier molecular flexibility index (Phi) is 5.31. The zero-order valence-corrected chi connectivity index (χ0v) is 17.7. The molecule has 30 heavy (non-hydrogen) atoms. The Bertz CT molecular complexity index is 1210. The average molecular weight is 430 g/mol. The van der Waals surface area contributed by atoms with E-state index in [1.54, 1.807) is 29.1 Å². The van der Waals surface area contributed by atoms with Gasteiger partial charge >= 0.3 is 0 Å². The number of hydrogen-bond donors (Lipinski definition) is 0. The van der Waals surface area contributed by atoms with Crippen molar-refractivity contribution in [1.82, 2.24) is 19.0 Å². The van der Waals surface area contributed by atoms with E-state index >= 15 is 0 Å². The van der Waals surface area contributed by atoms with Gasteiger partial charge in [0.05, 0.1) is 28.2 Å². The summed E-state index contributed by atoms with van der Waals surface area (Å²) >= 11 is 0. The second kappa shape index (κ2) is 7.78. The molecule has 0 saturated carbocycles. The van der Waals surface area contributed by atoms with Gasteiger partial charge in [0.1, 0.15) is 0 Å². The molecule has 10 heteroatoms. The number of fused-ring (bicyclic) bond motifs is 1. The molecule has 0 atom stereocenters. The summed E-state index contributed by atoms with van der Waals surface area (Å²) in [7, 11) is -3.51. The van der Waals surface area contributed by atoms with Crippen molar-refractivity contribution in [2.24, 2.45) is 0 Å². The highest BCUT2D eigenvalue weighted by molar-refractivity contribution is 7.89. The van der Waals surface area contributed by atoms with Crippen LogP contribution < -0.4 is 0 Å². The number of nitro benzene ring substituents is 1. The molecule has 1 fully saturated rings. The summed E-state index contributed by atoms with van der Waals surface area (Å²) in [6.07, 6.45) is 1.61. The molecule has 0 aliphatic carbocycles. The van der Waals surface area contributed by atoms with Gasteiger partial charge in [-0.25, -0.2) is 8.42 Å². The van der Waals surface area contributed by atoms with Gasteiger partial charge in [0.2, 0.25) is 10.0 Å². The van der Waals surface area contributed by atoms with Crippen LogP contribution in [0.5, 0.6) is 0 Å². The zero-order valence-electron chi connectivity index (χ0n) is 16.9. The van der Waals surface area contributed by atoms with Crippen LogP contribution in [0.1, 0.15) is 11.1 Å². The number of nitro groups is 1. The van der Waals surface area contributed by atoms with E-state index < -0.39 is 14.9 Å². The maximum absolute atomic E-state index is 13.0. The normalized spacial score (nSPS) is 16.2. The Balaban J connectivity index is 1.44. The molecule has 3 aromatic rings. The third-order valence-corrected chi connectivity index (χ3v) is 7.51. The predicted octanol–water partition coefficient (Wildman–Crippen LogP) is 2.53. The fourth-order valence-corrected chi connectivity index (χ4v) is 5.13. The summed E-state index contributed by atoms with van der Waals surface area (Å²) in [4.78, 5) is 13.0. The molecule has 0 bridgehead atoms. The van der Waals surface area contributed by atoms with Crippen LogP contribution in [0.3, 0.4) is 0 Å². The van der Waals surface area contributed by atoms with Crippen molar-refractivity contribution in [2.75, 3.05) is 26.2 Å². The SMILES string of the molecule is Cc1ccc(S(=O)(=O)N2CCN(Cn3ncc4cc([N+](=O)[O-])ccc43)CC2)cc1C. The van der Waals surface area contributed by atoms with Crippen LogP contribution in [-0.2, 0) is 16.7 Å². The number of nitrogens with zero attached hydrogens (tertiary/aromatic N) is 5. The van der Waals surface area contributed by atoms with E-state index in [4.69, 9.17) is 0 Å². The smallest absolute Gasteiger partial charge is 0.270 e. The molecule has 4 rings (SSSR count). The zero-order chi connectivity index (χ0) is 21.5. The van der Waals surface area contributed by atoms with Crippen molar-refractivity contribution in [1.29, 1.82) is 0 Å². The van der Waals surface area contributed by atoms with Crippen molar-refractivity contribution in [3.63, 3.8) is 0 Å². The van der Waals surface area contributed by atoms with E-state index in [0.29, 0.717) is 43.1 Å². The average Bonchev–Trinajstić information content (AvgIpc) is 3.12. The van der Waals surface area contributed by atoms with Gasteiger partial charge in [-0.05, 0) is 43.2 Å². The molecule has 2 heterocycles. The first-order valence-electron chi connectivity index (χ1n) is 9.65. The first-order chi connectivity index (χ1) is 14.3. The molecule has 0 spiro atoms. The third kappa shape index (κ3) is 3.81. The van der Waals surface area contributed by atoms with Crippen LogP contribution in [0.15, 0.2) is 47.5 Å². The highest BCUT2D eigenvalue weighted by Gasteiger charge is 2.29. The van der Waals surface area contributed by atoms with E-state index in [2.05, 4.69) is 10.00 Å². The van der Waals surface area contributed by atoms with Crippen LogP contribution >= 0.6 is 0 Å². The molecular weight excluding hydrogens is 406 g/mol. The lowest BCUT2D eigenvalue weighted by molar-refractivity contribution is -0.384. The quantitative estimate of drug-likeness (QED) is 0.456. The molecule has 158 valence electrons. The Labute approximate surface area is 174 Å². The summed E-state index contributed by atoms with van der Waals surface area (Å²) < 4.78 is 29.3. The van der Waals surface area contributed by atoms with Crippen molar-refractivity contribution in [2.45, 2.75) is 25.4 Å². The Morgan fingerprint density at radius 3 is 2.43 bits per heavy atom. The van der Waals surface area contributed by atoms with Crippen molar-refractivity contribution in [3.8, 4) is 0 Å². The fraction of sp³-hybridized carbons (Fsp3) is 0.350. The third-order valence-electron chi connectivity index (χ3n) is 5.62. The highest BCUT2D eigenvalue weighted by atomic mass is 32.2. The molecule has 0 amide bonds. The second-order valence-electron chi connectivity index (χ2n) is 7.55. The Morgan fingerprint density at radius 1 is 1.03 bits per heavy atom. The molecule has 0 N–H and O–H groups in total. The number of aromatic nitrogens is 2. The van der Waals surface area contributed by atoms with E-state index in [0.717, 1.165) is 16.6 Å². The molecule has 1 aromatic heterocycles. The second-order valence-corrected chi connectivity index (χ2v) is 9.49. The number of non-ortho nitro benzene ring substituents is 1. The fourth-order valence-electron chi connectivity index (χ4n) is 3.62. The molecule has 1 aliphatic heterocycles. The molecule has 9 nitrogen and oxygen atoms in total. The van der Waals surface area contributed by atoms with Crippen molar-refractivity contribution < 1.29 is 13.3 Å². The number of benzene rings is 2. The van der Waals surface area contributed by atoms with E-state index in [-0.39, 0.29) is 5.69 Å². The standard InChI is InChI=1S/C20H23N5O4S/c1-15-3-5-19(11-16(15)2)30(28,29)23-9-7-22(8-10-23)14-24-20-6-4-18(25(26)27)12-17(20)13-21-24/h3-6,11-13H,7-10,14H2,1-2H3. The molecule has 1 aliphatic rings. The maximum Gasteiger partial charge on any atom is 0.270 e. The number of aryl methyl sites for hydroxylation is 2. The first kappa shape index (κ1) is 20.5. The minimum atomic E-state index is -3.51. The Hall–Kier alpha value is -2.82. The number of rotatable bonds is 5. The van der Waals surface area contributed by atoms with Gasteiger partial charge in [0.15, 0.2) is 0 Å². The lowest BCUT2D eigenvalue weighted by atomic mass is 10.1. The minimum Gasteiger partial charge on any atom is -0.282 e. The Morgan fingerprint density at radius 2 is 1.77 bits per heavy atom. The lowest BCUT2D eigenvalue weighted by Crippen LogP contribution is -2.48. The maximum atomic E-state index is 13.0. The summed E-state index contributed by atoms with van der Waals surface area (Å²) in [5.41, 5.74) is 2.87. The van der Waals surface area contributed by atoms with Crippen LogP contribution in [0.2, 0.25) is 0 Å². The summed E-state index contributed by atoms with van der Waals surface area (Å²) in [6.45, 7) is 6.34. The van der Waals surface area contributed by atoms with E-state index in [9.17, 15) is 18.5 Å². The summed E-state index contributed by atoms with van der Waals surface area (Å²) in [5.74, 6) is 0. The van der Waals surface area contributed by atoms with E-state index in [1.807, 2.05) is 19.9 Å². The van der Waals surface area contributed by atoms with Gasteiger partial charge in [0.25, 0.3) is 5.69 Å². The monoisotopic (exact) mass is 429 g/mol. The molecule has 1 saturated heterocycles. The van der Waals surface area contributed by atoms with Crippen molar-refractivity contribution >= 4 is 26.6 Å². The summed E-state index contributed by atoms with van der Waals surface area (Å²) in [6, 6.07) is 9.90. The molecule has 2 aromatic carbocycles. The van der Waals surface area contributed by atoms with Gasteiger partial charge in [-0.1, -0.05) is 6.07 Å². The number of piperazine rings is 1. The predicted molar refractivity (Wildman–Crippen MR) is 113 cm³/mol. The summed E-state index contributed by atoms with van der Waals surface area (Å²) in [5, 5.41) is 16.0. The lowest BCUT2D eigenvalue weighted by Gasteiger charge is -2.34. The first-order valence-corrected chi connectivity index (χ1v) is 11.1. The molecular formula is C20H23N5O4S. The molecule has 0 radical (unpaired) electrons. The van der Waals surface area contributed by atoms with E-state index in [1.165, 1.54) is 16.4 Å². The van der Waals surface area contributed by atoms with Gasteiger partial charge < -0.3 is 0 Å². The van der Waals surface area contributed by atoms with Crippen LogP contribution in [-0.4, -0.2) is 58.5 Å². The largest absolute Gasteiger partial charge is 0.282 e. The van der Waals surface area contributed by atoms with Crippen LogP contribution in [0, 0.1) is 24.0 Å². The highest BCUT2D eigenvalue weighted by Crippen LogP contribution is 2.23. The topological polar surface area (TPSA) is 102 Å². The minimum absolute atomic E-state index is 0.0345. The number of sulfonamides is 1. The van der Waals surface area contributed by atoms with Gasteiger partial charge in [0, 0.05) is 43.7 Å². The van der Waals surface area contributed by atoms with Crippen LogP contribution in [0.4, 0.5) is 5.69 Å². The molecule has 0 unspecified atom stereocenters.